The molecule has 13 heavy (non-hydrogen) atoms. The van der Waals surface area contributed by atoms with Gasteiger partial charge in [-0.15, -0.1) is 0 Å². The van der Waals surface area contributed by atoms with E-state index in [1.165, 1.54) is 12.8 Å². The molecule has 1 unspecified atom stereocenters. The molecular weight excluding hydrogens is 165 g/mol. The van der Waals surface area contributed by atoms with E-state index in [1.54, 1.807) is 0 Å². The molecule has 1 fully saturated rings. The van der Waals surface area contributed by atoms with Crippen molar-refractivity contribution in [3.05, 3.63) is 0 Å². The SMILES string of the molecule is CC(C)CC(F)CC1CCNCC1. The topological polar surface area (TPSA) is 12.0 Å². The van der Waals surface area contributed by atoms with Crippen molar-refractivity contribution < 1.29 is 4.39 Å². The number of hydrogen-bond acceptors (Lipinski definition) is 1. The van der Waals surface area contributed by atoms with Gasteiger partial charge in [-0.3, -0.25) is 0 Å². The zero-order chi connectivity index (χ0) is 9.68. The lowest BCUT2D eigenvalue weighted by Crippen LogP contribution is -2.29. The third-order valence-corrected chi connectivity index (χ3v) is 2.77. The van der Waals surface area contributed by atoms with E-state index in [9.17, 15) is 4.39 Å². The molecule has 2 heteroatoms. The molecule has 0 aromatic carbocycles. The largest absolute Gasteiger partial charge is 0.317 e. The Labute approximate surface area is 81.1 Å². The van der Waals surface area contributed by atoms with E-state index in [0.717, 1.165) is 25.9 Å². The monoisotopic (exact) mass is 187 g/mol. The highest BCUT2D eigenvalue weighted by Gasteiger charge is 2.18. The molecule has 1 N–H and O–H groups in total. The van der Waals surface area contributed by atoms with Crippen LogP contribution in [0.5, 0.6) is 0 Å². The van der Waals surface area contributed by atoms with Crippen molar-refractivity contribution in [3.63, 3.8) is 0 Å². The molecule has 0 spiro atoms. The Morgan fingerprint density at radius 1 is 1.31 bits per heavy atom. The van der Waals surface area contributed by atoms with Crippen molar-refractivity contribution in [2.24, 2.45) is 11.8 Å². The van der Waals surface area contributed by atoms with E-state index >= 15 is 0 Å². The normalized spacial score (nSPS) is 22.2. The van der Waals surface area contributed by atoms with Crippen molar-refractivity contribution in [1.29, 1.82) is 0 Å². The molecule has 78 valence electrons. The van der Waals surface area contributed by atoms with Crippen LogP contribution in [-0.2, 0) is 0 Å². The van der Waals surface area contributed by atoms with Gasteiger partial charge < -0.3 is 5.32 Å². The minimum Gasteiger partial charge on any atom is -0.317 e. The van der Waals surface area contributed by atoms with Crippen molar-refractivity contribution in [2.75, 3.05) is 13.1 Å². The molecule has 1 nitrogen and oxygen atoms in total. The van der Waals surface area contributed by atoms with Gasteiger partial charge in [0.15, 0.2) is 0 Å². The molecule has 1 atom stereocenters. The van der Waals surface area contributed by atoms with Crippen LogP contribution in [0.15, 0.2) is 0 Å². The maximum Gasteiger partial charge on any atom is 0.101 e. The molecule has 1 aliphatic heterocycles. The Morgan fingerprint density at radius 2 is 1.92 bits per heavy atom. The fraction of sp³-hybridized carbons (Fsp3) is 1.00. The number of piperidine rings is 1. The van der Waals surface area contributed by atoms with Crippen LogP contribution >= 0.6 is 0 Å². The standard InChI is InChI=1S/C11H22FN/c1-9(2)7-11(12)8-10-3-5-13-6-4-10/h9-11,13H,3-8H2,1-2H3. The van der Waals surface area contributed by atoms with Crippen molar-refractivity contribution >= 4 is 0 Å². The summed E-state index contributed by atoms with van der Waals surface area (Å²) in [4.78, 5) is 0. The van der Waals surface area contributed by atoms with Gasteiger partial charge in [0.1, 0.15) is 6.17 Å². The van der Waals surface area contributed by atoms with Crippen LogP contribution in [0.1, 0.15) is 39.5 Å². The summed E-state index contributed by atoms with van der Waals surface area (Å²) in [5.41, 5.74) is 0. The van der Waals surface area contributed by atoms with Gasteiger partial charge in [0, 0.05) is 0 Å². The maximum atomic E-state index is 13.4. The van der Waals surface area contributed by atoms with Crippen LogP contribution < -0.4 is 5.32 Å². The number of alkyl halides is 1. The van der Waals surface area contributed by atoms with Gasteiger partial charge in [0.25, 0.3) is 0 Å². The highest BCUT2D eigenvalue weighted by atomic mass is 19.1. The highest BCUT2D eigenvalue weighted by molar-refractivity contribution is 4.72. The Hall–Kier alpha value is -0.110. The smallest absolute Gasteiger partial charge is 0.101 e. The molecule has 1 heterocycles. The molecule has 0 aliphatic carbocycles. The molecule has 0 radical (unpaired) electrons. The number of rotatable bonds is 4. The van der Waals surface area contributed by atoms with Gasteiger partial charge in [0.05, 0.1) is 0 Å². The average molecular weight is 187 g/mol. The summed E-state index contributed by atoms with van der Waals surface area (Å²) in [5.74, 6) is 1.13. The van der Waals surface area contributed by atoms with Gasteiger partial charge >= 0.3 is 0 Å². The molecule has 1 saturated heterocycles. The van der Waals surface area contributed by atoms with Crippen LogP contribution in [-0.4, -0.2) is 19.3 Å². The van der Waals surface area contributed by atoms with E-state index < -0.39 is 6.17 Å². The fourth-order valence-corrected chi connectivity index (χ4v) is 2.09. The zero-order valence-corrected chi connectivity index (χ0v) is 8.85. The summed E-state index contributed by atoms with van der Waals surface area (Å²) in [5, 5.41) is 3.31. The van der Waals surface area contributed by atoms with Gasteiger partial charge in [-0.2, -0.15) is 0 Å². The molecule has 1 aliphatic rings. The fourth-order valence-electron chi connectivity index (χ4n) is 2.09. The van der Waals surface area contributed by atoms with Gasteiger partial charge in [-0.1, -0.05) is 13.8 Å². The lowest BCUT2D eigenvalue weighted by molar-refractivity contribution is 0.209. The van der Waals surface area contributed by atoms with E-state index in [0.29, 0.717) is 11.8 Å². The van der Waals surface area contributed by atoms with Crippen LogP contribution in [0.3, 0.4) is 0 Å². The first-order valence-corrected chi connectivity index (χ1v) is 5.53. The van der Waals surface area contributed by atoms with Crippen molar-refractivity contribution in [2.45, 2.75) is 45.7 Å². The first-order valence-electron chi connectivity index (χ1n) is 5.53. The van der Waals surface area contributed by atoms with Gasteiger partial charge in [-0.05, 0) is 50.6 Å². The van der Waals surface area contributed by atoms with Crippen LogP contribution in [0.4, 0.5) is 4.39 Å². The number of hydrogen-bond donors (Lipinski definition) is 1. The molecule has 1 rings (SSSR count). The summed E-state index contributed by atoms with van der Waals surface area (Å²) in [6, 6.07) is 0. The quantitative estimate of drug-likeness (QED) is 0.713. The third-order valence-electron chi connectivity index (χ3n) is 2.77. The summed E-state index contributed by atoms with van der Waals surface area (Å²) in [6.45, 7) is 6.35. The van der Waals surface area contributed by atoms with Crippen LogP contribution in [0.25, 0.3) is 0 Å². The maximum absolute atomic E-state index is 13.4. The Balaban J connectivity index is 2.14. The average Bonchev–Trinajstić information content (AvgIpc) is 2.04. The summed E-state index contributed by atoms with van der Waals surface area (Å²) in [7, 11) is 0. The summed E-state index contributed by atoms with van der Waals surface area (Å²) in [6.07, 6.45) is 3.30. The van der Waals surface area contributed by atoms with Gasteiger partial charge in [-0.25, -0.2) is 4.39 Å². The van der Waals surface area contributed by atoms with Gasteiger partial charge in [0.2, 0.25) is 0 Å². The first kappa shape index (κ1) is 11.0. The third kappa shape index (κ3) is 4.61. The number of nitrogens with one attached hydrogen (secondary N) is 1. The second kappa shape index (κ2) is 5.58. The Bertz CT molecular complexity index is 130. The summed E-state index contributed by atoms with van der Waals surface area (Å²) >= 11 is 0. The van der Waals surface area contributed by atoms with Crippen LogP contribution in [0, 0.1) is 11.8 Å². The molecule has 0 aromatic rings. The molecule has 0 amide bonds. The lowest BCUT2D eigenvalue weighted by atomic mass is 9.90. The van der Waals surface area contributed by atoms with Crippen molar-refractivity contribution in [1.82, 2.24) is 5.32 Å². The van der Waals surface area contributed by atoms with E-state index in [2.05, 4.69) is 19.2 Å². The molecule has 0 saturated carbocycles. The Kier molecular flexibility index (Phi) is 4.71. The predicted octanol–water partition coefficient (Wildman–Crippen LogP) is 2.76. The summed E-state index contributed by atoms with van der Waals surface area (Å²) < 4.78 is 13.4. The zero-order valence-electron chi connectivity index (χ0n) is 8.85. The molecule has 0 aromatic heterocycles. The predicted molar refractivity (Wildman–Crippen MR) is 54.6 cm³/mol. The second-order valence-corrected chi connectivity index (χ2v) is 4.66. The van der Waals surface area contributed by atoms with E-state index in [1.807, 2.05) is 0 Å². The molecular formula is C11H22FN. The highest BCUT2D eigenvalue weighted by Crippen LogP contribution is 2.22. The molecule has 0 bridgehead atoms. The Morgan fingerprint density at radius 3 is 2.46 bits per heavy atom. The van der Waals surface area contributed by atoms with E-state index in [4.69, 9.17) is 0 Å². The van der Waals surface area contributed by atoms with Crippen molar-refractivity contribution in [3.8, 4) is 0 Å². The minimum absolute atomic E-state index is 0.497. The van der Waals surface area contributed by atoms with Crippen LogP contribution in [0.2, 0.25) is 0 Å². The number of halogens is 1. The first-order chi connectivity index (χ1) is 6.18. The van der Waals surface area contributed by atoms with E-state index in [-0.39, 0.29) is 0 Å². The lowest BCUT2D eigenvalue weighted by Gasteiger charge is -2.24. The second-order valence-electron chi connectivity index (χ2n) is 4.66. The minimum atomic E-state index is -0.567.